The third kappa shape index (κ3) is 3.62. The minimum absolute atomic E-state index is 0.0843. The third-order valence-corrected chi connectivity index (χ3v) is 4.42. The second-order valence-electron chi connectivity index (χ2n) is 6.25. The topological polar surface area (TPSA) is 83.5 Å². The molecule has 0 bridgehead atoms. The molecule has 8 nitrogen and oxygen atoms in total. The van der Waals surface area contributed by atoms with Crippen molar-refractivity contribution in [3.8, 4) is 0 Å². The van der Waals surface area contributed by atoms with Crippen LogP contribution in [0.2, 0.25) is 0 Å². The summed E-state index contributed by atoms with van der Waals surface area (Å²) in [5, 5.41) is 3.20. The van der Waals surface area contributed by atoms with Gasteiger partial charge in [-0.3, -0.25) is 0 Å². The van der Waals surface area contributed by atoms with E-state index in [4.69, 9.17) is 4.74 Å². The number of nitrogens with one attached hydrogen (secondary N) is 1. The van der Waals surface area contributed by atoms with E-state index in [2.05, 4.69) is 25.2 Å². The van der Waals surface area contributed by atoms with E-state index in [-0.39, 0.29) is 18.2 Å². The lowest BCUT2D eigenvalue weighted by molar-refractivity contribution is 0.0498. The Labute approximate surface area is 145 Å². The molecule has 1 atom stereocenters. The van der Waals surface area contributed by atoms with Crippen molar-refractivity contribution in [1.82, 2.24) is 19.9 Å². The van der Waals surface area contributed by atoms with Crippen molar-refractivity contribution in [1.29, 1.82) is 0 Å². The summed E-state index contributed by atoms with van der Waals surface area (Å²) in [6.45, 7) is 2.75. The quantitative estimate of drug-likeness (QED) is 0.900. The molecule has 2 saturated heterocycles. The lowest BCUT2D eigenvalue weighted by Crippen LogP contribution is -2.57. The van der Waals surface area contributed by atoms with Crippen LogP contribution in [-0.4, -0.2) is 64.3 Å². The number of rotatable bonds is 4. The summed E-state index contributed by atoms with van der Waals surface area (Å²) < 4.78 is 5.62. The van der Waals surface area contributed by atoms with Gasteiger partial charge in [0.1, 0.15) is 11.9 Å². The lowest BCUT2D eigenvalue weighted by Gasteiger charge is -2.39. The smallest absolute Gasteiger partial charge is 0.410 e. The maximum Gasteiger partial charge on any atom is 0.410 e. The number of nitrogens with zero attached hydrogens (tertiary/aromatic N) is 5. The molecule has 2 aliphatic rings. The number of carbonyl (C=O) groups is 1. The molecule has 2 aliphatic heterocycles. The zero-order chi connectivity index (χ0) is 17.1. The Morgan fingerprint density at radius 2 is 1.88 bits per heavy atom. The third-order valence-electron chi connectivity index (χ3n) is 4.42. The van der Waals surface area contributed by atoms with Crippen molar-refractivity contribution in [2.45, 2.75) is 18.6 Å². The Morgan fingerprint density at radius 3 is 2.64 bits per heavy atom. The zero-order valence-corrected chi connectivity index (χ0v) is 13.8. The van der Waals surface area contributed by atoms with Crippen LogP contribution in [0.3, 0.4) is 0 Å². The Morgan fingerprint density at radius 1 is 1.08 bits per heavy atom. The van der Waals surface area contributed by atoms with Gasteiger partial charge in [-0.15, -0.1) is 0 Å². The molecule has 1 amide bonds. The SMILES string of the molecule is O=C(OC1CCN(c2ccccn2)C1)N1CC(Nc2ncccn2)C1. The molecule has 0 aliphatic carbocycles. The van der Waals surface area contributed by atoms with Gasteiger partial charge >= 0.3 is 6.09 Å². The summed E-state index contributed by atoms with van der Waals surface area (Å²) in [5.74, 6) is 1.51. The molecular formula is C17H20N6O2. The molecule has 0 radical (unpaired) electrons. The fourth-order valence-electron chi connectivity index (χ4n) is 3.07. The van der Waals surface area contributed by atoms with Crippen LogP contribution in [0, 0.1) is 0 Å². The largest absolute Gasteiger partial charge is 0.444 e. The fraction of sp³-hybridized carbons (Fsp3) is 0.412. The molecule has 0 saturated carbocycles. The van der Waals surface area contributed by atoms with Crippen LogP contribution in [0.15, 0.2) is 42.9 Å². The molecule has 130 valence electrons. The van der Waals surface area contributed by atoms with Gasteiger partial charge in [-0.05, 0) is 18.2 Å². The lowest BCUT2D eigenvalue weighted by atomic mass is 10.1. The van der Waals surface area contributed by atoms with Crippen LogP contribution in [0.1, 0.15) is 6.42 Å². The average molecular weight is 340 g/mol. The summed E-state index contributed by atoms with van der Waals surface area (Å²) >= 11 is 0. The summed E-state index contributed by atoms with van der Waals surface area (Å²) in [6.07, 6.45) is 5.65. The van der Waals surface area contributed by atoms with Crippen LogP contribution < -0.4 is 10.2 Å². The normalized spacial score (nSPS) is 20.2. The van der Waals surface area contributed by atoms with E-state index in [1.165, 1.54) is 0 Å². The van der Waals surface area contributed by atoms with Gasteiger partial charge in [0.2, 0.25) is 5.95 Å². The van der Waals surface area contributed by atoms with Gasteiger partial charge < -0.3 is 19.9 Å². The predicted molar refractivity (Wildman–Crippen MR) is 92.4 cm³/mol. The van der Waals surface area contributed by atoms with Crippen molar-refractivity contribution < 1.29 is 9.53 Å². The van der Waals surface area contributed by atoms with Gasteiger partial charge in [0.25, 0.3) is 0 Å². The van der Waals surface area contributed by atoms with Crippen molar-refractivity contribution in [2.24, 2.45) is 0 Å². The van der Waals surface area contributed by atoms with E-state index in [0.717, 1.165) is 18.8 Å². The monoisotopic (exact) mass is 340 g/mol. The highest BCUT2D eigenvalue weighted by molar-refractivity contribution is 5.69. The molecule has 0 aromatic carbocycles. The molecule has 25 heavy (non-hydrogen) atoms. The van der Waals surface area contributed by atoms with Crippen LogP contribution in [-0.2, 0) is 4.74 Å². The molecular weight excluding hydrogens is 320 g/mol. The van der Waals surface area contributed by atoms with Gasteiger partial charge in [-0.1, -0.05) is 6.07 Å². The van der Waals surface area contributed by atoms with Crippen LogP contribution in [0.25, 0.3) is 0 Å². The number of aromatic nitrogens is 3. The maximum absolute atomic E-state index is 12.2. The van der Waals surface area contributed by atoms with Crippen LogP contribution in [0.5, 0.6) is 0 Å². The standard InChI is InChI=1S/C17H20N6O2/c24-17(23-10-13(11-23)21-16-19-7-3-8-20-16)25-14-5-9-22(12-14)15-4-1-2-6-18-15/h1-4,6-8,13-14H,5,9-12H2,(H,19,20,21). The fourth-order valence-corrected chi connectivity index (χ4v) is 3.07. The Kier molecular flexibility index (Phi) is 4.32. The van der Waals surface area contributed by atoms with Crippen LogP contribution >= 0.6 is 0 Å². The Hall–Kier alpha value is -2.90. The first kappa shape index (κ1) is 15.6. The first-order valence-electron chi connectivity index (χ1n) is 8.43. The van der Waals surface area contributed by atoms with Crippen molar-refractivity contribution in [3.63, 3.8) is 0 Å². The molecule has 1 N–H and O–H groups in total. The number of carbonyl (C=O) groups excluding carboxylic acids is 1. The molecule has 1 unspecified atom stereocenters. The molecule has 4 rings (SSSR count). The molecule has 2 aromatic heterocycles. The van der Waals surface area contributed by atoms with E-state index in [0.29, 0.717) is 25.6 Å². The van der Waals surface area contributed by atoms with Gasteiger partial charge in [0, 0.05) is 44.6 Å². The molecule has 2 aromatic rings. The number of anilines is 2. The average Bonchev–Trinajstić information content (AvgIpc) is 3.08. The molecule has 0 spiro atoms. The number of likely N-dealkylation sites (tertiary alicyclic amines) is 1. The zero-order valence-electron chi connectivity index (χ0n) is 13.8. The second-order valence-corrected chi connectivity index (χ2v) is 6.25. The summed E-state index contributed by atoms with van der Waals surface area (Å²) in [7, 11) is 0. The number of hydrogen-bond donors (Lipinski definition) is 1. The molecule has 8 heteroatoms. The van der Waals surface area contributed by atoms with E-state index in [9.17, 15) is 4.79 Å². The Balaban J connectivity index is 1.22. The van der Waals surface area contributed by atoms with Gasteiger partial charge in [-0.2, -0.15) is 0 Å². The second kappa shape index (κ2) is 6.92. The van der Waals surface area contributed by atoms with Crippen molar-refractivity contribution >= 4 is 17.9 Å². The number of hydrogen-bond acceptors (Lipinski definition) is 7. The number of amides is 1. The summed E-state index contributed by atoms with van der Waals surface area (Å²) in [6, 6.07) is 7.77. The van der Waals surface area contributed by atoms with E-state index in [1.807, 2.05) is 18.2 Å². The summed E-state index contributed by atoms with van der Waals surface area (Å²) in [4.78, 5) is 28.7. The predicted octanol–water partition coefficient (Wildman–Crippen LogP) is 1.38. The highest BCUT2D eigenvalue weighted by Gasteiger charge is 2.35. The van der Waals surface area contributed by atoms with E-state index >= 15 is 0 Å². The van der Waals surface area contributed by atoms with Crippen molar-refractivity contribution in [2.75, 3.05) is 36.4 Å². The first-order chi connectivity index (χ1) is 12.3. The van der Waals surface area contributed by atoms with Crippen molar-refractivity contribution in [3.05, 3.63) is 42.9 Å². The van der Waals surface area contributed by atoms with Gasteiger partial charge in [0.05, 0.1) is 12.6 Å². The number of ether oxygens (including phenoxy) is 1. The highest BCUT2D eigenvalue weighted by atomic mass is 16.6. The Bertz CT molecular complexity index is 708. The number of pyridine rings is 1. The van der Waals surface area contributed by atoms with Crippen LogP contribution in [0.4, 0.5) is 16.6 Å². The molecule has 2 fully saturated rings. The van der Waals surface area contributed by atoms with Gasteiger partial charge in [-0.25, -0.2) is 19.7 Å². The summed E-state index contributed by atoms with van der Waals surface area (Å²) in [5.41, 5.74) is 0. The highest BCUT2D eigenvalue weighted by Crippen LogP contribution is 2.21. The molecule has 4 heterocycles. The first-order valence-corrected chi connectivity index (χ1v) is 8.43. The minimum Gasteiger partial charge on any atom is -0.444 e. The maximum atomic E-state index is 12.2. The van der Waals surface area contributed by atoms with E-state index in [1.54, 1.807) is 29.6 Å². The van der Waals surface area contributed by atoms with Gasteiger partial charge in [0.15, 0.2) is 0 Å². The minimum atomic E-state index is -0.250. The van der Waals surface area contributed by atoms with E-state index < -0.39 is 0 Å².